The molecule has 0 spiro atoms. The summed E-state index contributed by atoms with van der Waals surface area (Å²) in [5.74, 6) is 1.04. The van der Waals surface area contributed by atoms with Gasteiger partial charge in [-0.25, -0.2) is 0 Å². The number of aromatic nitrogens is 2. The maximum Gasteiger partial charge on any atom is 0.234 e. The van der Waals surface area contributed by atoms with E-state index in [1.54, 1.807) is 0 Å². The van der Waals surface area contributed by atoms with Crippen molar-refractivity contribution in [3.8, 4) is 0 Å². The van der Waals surface area contributed by atoms with Crippen LogP contribution in [-0.4, -0.2) is 47.4 Å². The number of thioether (sulfide) groups is 1. The molecule has 3 rings (SSSR count). The second-order valence-corrected chi connectivity index (χ2v) is 9.06. The molecule has 1 atom stereocenters. The molecule has 7 nitrogen and oxygen atoms in total. The van der Waals surface area contributed by atoms with Crippen LogP contribution in [0.5, 0.6) is 0 Å². The van der Waals surface area contributed by atoms with E-state index in [9.17, 15) is 9.59 Å². The quantitative estimate of drug-likeness (QED) is 0.547. The normalized spacial score (nSPS) is 16.2. The van der Waals surface area contributed by atoms with E-state index in [1.165, 1.54) is 11.8 Å². The van der Waals surface area contributed by atoms with E-state index >= 15 is 0 Å². The molecule has 2 aromatic rings. The van der Waals surface area contributed by atoms with Crippen molar-refractivity contribution in [3.05, 3.63) is 40.9 Å². The average Bonchev–Trinajstić information content (AvgIpc) is 2.76. The lowest BCUT2D eigenvalue weighted by Crippen LogP contribution is -2.43. The number of halogens is 1. The van der Waals surface area contributed by atoms with Gasteiger partial charge in [0.25, 0.3) is 0 Å². The first-order chi connectivity index (χ1) is 14.5. The Balaban J connectivity index is 1.49. The molecule has 1 aliphatic rings. The molecule has 0 aliphatic carbocycles. The highest BCUT2D eigenvalue weighted by molar-refractivity contribution is 9.10. The number of amides is 2. The topological polar surface area (TPSA) is 87.2 Å². The molecule has 160 valence electrons. The van der Waals surface area contributed by atoms with Gasteiger partial charge in [0.15, 0.2) is 5.82 Å². The molecule has 1 fully saturated rings. The van der Waals surface area contributed by atoms with Crippen LogP contribution in [0.2, 0.25) is 0 Å². The number of piperidine rings is 1. The number of hydrogen-bond donors (Lipinski definition) is 2. The molecule has 0 saturated carbocycles. The molecule has 1 aromatic heterocycles. The fraction of sp³-hybridized carbons (Fsp3) is 0.429. The minimum Gasteiger partial charge on any atom is -0.356 e. The zero-order valence-corrected chi connectivity index (χ0v) is 19.3. The first-order valence-corrected chi connectivity index (χ1v) is 11.9. The molecule has 0 bridgehead atoms. The smallest absolute Gasteiger partial charge is 0.234 e. The van der Waals surface area contributed by atoms with E-state index < -0.39 is 0 Å². The highest BCUT2D eigenvalue weighted by Crippen LogP contribution is 2.23. The number of benzene rings is 1. The highest BCUT2D eigenvalue weighted by Gasteiger charge is 2.26. The second kappa shape index (κ2) is 11.3. The van der Waals surface area contributed by atoms with Crippen molar-refractivity contribution in [1.29, 1.82) is 0 Å². The van der Waals surface area contributed by atoms with Gasteiger partial charge in [-0.2, -0.15) is 0 Å². The molecule has 9 heteroatoms. The van der Waals surface area contributed by atoms with Crippen LogP contribution in [0.1, 0.15) is 26.2 Å². The van der Waals surface area contributed by atoms with Crippen molar-refractivity contribution < 1.29 is 9.59 Å². The first-order valence-electron chi connectivity index (χ1n) is 10.1. The van der Waals surface area contributed by atoms with E-state index in [0.29, 0.717) is 11.6 Å². The lowest BCUT2D eigenvalue weighted by Gasteiger charge is -2.32. The standard InChI is InChI=1S/C21H26BrN5O2S/c1-2-10-23-21(29)15-5-4-11-27(13-15)18-8-9-20(26-25-18)30-14-19(28)24-17-7-3-6-16(22)12-17/h3,6-9,12,15H,2,4-5,10-11,13-14H2,1H3,(H,23,29)(H,24,28)/t15-/m1/s1. The molecule has 2 amide bonds. The molecule has 30 heavy (non-hydrogen) atoms. The number of carbonyl (C=O) groups is 2. The Hall–Kier alpha value is -2.13. The summed E-state index contributed by atoms with van der Waals surface area (Å²) in [6, 6.07) is 11.3. The predicted octanol–water partition coefficient (Wildman–Crippen LogP) is 3.71. The van der Waals surface area contributed by atoms with Gasteiger partial charge in [0, 0.05) is 29.8 Å². The van der Waals surface area contributed by atoms with E-state index in [4.69, 9.17) is 0 Å². The average molecular weight is 492 g/mol. The fourth-order valence-electron chi connectivity index (χ4n) is 3.25. The molecular weight excluding hydrogens is 466 g/mol. The molecular formula is C21H26BrN5O2S. The lowest BCUT2D eigenvalue weighted by molar-refractivity contribution is -0.125. The molecule has 1 aliphatic heterocycles. The van der Waals surface area contributed by atoms with Crippen LogP contribution >= 0.6 is 27.7 Å². The van der Waals surface area contributed by atoms with Crippen LogP contribution in [0.15, 0.2) is 45.9 Å². The zero-order valence-electron chi connectivity index (χ0n) is 16.9. The van der Waals surface area contributed by atoms with Gasteiger partial charge in [-0.1, -0.05) is 40.7 Å². The van der Waals surface area contributed by atoms with Gasteiger partial charge >= 0.3 is 0 Å². The van der Waals surface area contributed by atoms with Gasteiger partial charge in [0.1, 0.15) is 5.03 Å². The molecule has 2 heterocycles. The van der Waals surface area contributed by atoms with E-state index in [-0.39, 0.29) is 23.5 Å². The van der Waals surface area contributed by atoms with Crippen molar-refractivity contribution in [3.63, 3.8) is 0 Å². The molecule has 0 unspecified atom stereocenters. The van der Waals surface area contributed by atoms with E-state index in [0.717, 1.165) is 48.3 Å². The minimum atomic E-state index is -0.0964. The summed E-state index contributed by atoms with van der Waals surface area (Å²) in [7, 11) is 0. The Morgan fingerprint density at radius 3 is 2.87 bits per heavy atom. The van der Waals surface area contributed by atoms with E-state index in [1.807, 2.05) is 43.3 Å². The summed E-state index contributed by atoms with van der Waals surface area (Å²) in [6.07, 6.45) is 2.80. The van der Waals surface area contributed by atoms with Crippen molar-refractivity contribution in [2.24, 2.45) is 5.92 Å². The molecule has 1 aromatic carbocycles. The maximum atomic E-state index is 12.3. The Bertz CT molecular complexity index is 865. The third kappa shape index (κ3) is 6.70. The molecule has 0 radical (unpaired) electrons. The van der Waals surface area contributed by atoms with Crippen molar-refractivity contribution in [2.75, 3.05) is 35.6 Å². The summed E-state index contributed by atoms with van der Waals surface area (Å²) in [6.45, 7) is 4.29. The van der Waals surface area contributed by atoms with Gasteiger partial charge in [-0.3, -0.25) is 9.59 Å². The van der Waals surface area contributed by atoms with Crippen LogP contribution in [-0.2, 0) is 9.59 Å². The van der Waals surface area contributed by atoms with Gasteiger partial charge in [-0.05, 0) is 49.6 Å². The van der Waals surface area contributed by atoms with Crippen LogP contribution in [0.4, 0.5) is 11.5 Å². The van der Waals surface area contributed by atoms with Crippen LogP contribution in [0, 0.1) is 5.92 Å². The lowest BCUT2D eigenvalue weighted by atomic mass is 9.97. The number of rotatable bonds is 8. The summed E-state index contributed by atoms with van der Waals surface area (Å²) in [5, 5.41) is 15.1. The Morgan fingerprint density at radius 2 is 2.13 bits per heavy atom. The van der Waals surface area contributed by atoms with Gasteiger partial charge in [-0.15, -0.1) is 10.2 Å². The van der Waals surface area contributed by atoms with Crippen molar-refractivity contribution in [2.45, 2.75) is 31.2 Å². The van der Waals surface area contributed by atoms with Crippen LogP contribution in [0.25, 0.3) is 0 Å². The van der Waals surface area contributed by atoms with Crippen molar-refractivity contribution in [1.82, 2.24) is 15.5 Å². The summed E-state index contributed by atoms with van der Waals surface area (Å²) in [5.41, 5.74) is 0.749. The SMILES string of the molecule is CCCNC(=O)[C@@H]1CCCN(c2ccc(SCC(=O)Nc3cccc(Br)c3)nn2)C1. The predicted molar refractivity (Wildman–Crippen MR) is 124 cm³/mol. The largest absolute Gasteiger partial charge is 0.356 e. The third-order valence-corrected chi connectivity index (χ3v) is 6.16. The third-order valence-electron chi connectivity index (χ3n) is 4.75. The fourth-order valence-corrected chi connectivity index (χ4v) is 4.27. The van der Waals surface area contributed by atoms with E-state index in [2.05, 4.69) is 41.7 Å². The Kier molecular flexibility index (Phi) is 8.50. The van der Waals surface area contributed by atoms with Gasteiger partial charge < -0.3 is 15.5 Å². The summed E-state index contributed by atoms with van der Waals surface area (Å²) in [4.78, 5) is 26.5. The van der Waals surface area contributed by atoms with Gasteiger partial charge in [0.05, 0.1) is 11.7 Å². The first kappa shape index (κ1) is 22.6. The van der Waals surface area contributed by atoms with Crippen LogP contribution < -0.4 is 15.5 Å². The minimum absolute atomic E-state index is 0.0112. The number of nitrogens with one attached hydrogen (secondary N) is 2. The van der Waals surface area contributed by atoms with Crippen molar-refractivity contribution >= 4 is 51.0 Å². The Labute approximate surface area is 189 Å². The number of hydrogen-bond acceptors (Lipinski definition) is 6. The second-order valence-electron chi connectivity index (χ2n) is 7.15. The highest BCUT2D eigenvalue weighted by atomic mass is 79.9. The number of nitrogens with zero attached hydrogens (tertiary/aromatic N) is 3. The molecule has 2 N–H and O–H groups in total. The zero-order chi connectivity index (χ0) is 21.3. The number of anilines is 2. The summed E-state index contributed by atoms with van der Waals surface area (Å²) >= 11 is 4.73. The molecule has 1 saturated heterocycles. The van der Waals surface area contributed by atoms with Gasteiger partial charge in [0.2, 0.25) is 11.8 Å². The Morgan fingerprint density at radius 1 is 1.27 bits per heavy atom. The summed E-state index contributed by atoms with van der Waals surface area (Å²) < 4.78 is 0.914. The monoisotopic (exact) mass is 491 g/mol. The maximum absolute atomic E-state index is 12.3. The van der Waals surface area contributed by atoms with Crippen LogP contribution in [0.3, 0.4) is 0 Å². The number of carbonyl (C=O) groups excluding carboxylic acids is 2.